The van der Waals surface area contributed by atoms with E-state index in [2.05, 4.69) is 5.32 Å². The molecule has 4 nitrogen and oxygen atoms in total. The zero-order valence-electron chi connectivity index (χ0n) is 11.6. The summed E-state index contributed by atoms with van der Waals surface area (Å²) in [4.78, 5) is 11.7. The normalized spacial score (nSPS) is 16.9. The number of nitrogens with one attached hydrogen (secondary N) is 1. The molecule has 1 amide bonds. The van der Waals surface area contributed by atoms with Crippen LogP contribution < -0.4 is 10.1 Å². The minimum Gasteiger partial charge on any atom is -0.483 e. The third-order valence-corrected chi connectivity index (χ3v) is 4.14. The van der Waals surface area contributed by atoms with E-state index in [-0.39, 0.29) is 12.5 Å². The van der Waals surface area contributed by atoms with Crippen molar-refractivity contribution in [1.29, 1.82) is 0 Å². The van der Waals surface area contributed by atoms with Crippen LogP contribution in [0.1, 0.15) is 31.2 Å². The molecule has 0 aliphatic heterocycles. The Bertz CT molecular complexity index is 484. The molecular formula is C15H20ClNO3. The second kappa shape index (κ2) is 6.46. The predicted octanol–water partition coefficient (Wildman–Crippen LogP) is 2.45. The number of ether oxygens (including phenoxy) is 1. The molecular weight excluding hydrogens is 278 g/mol. The summed E-state index contributed by atoms with van der Waals surface area (Å²) < 4.78 is 5.45. The molecule has 0 heterocycles. The first-order chi connectivity index (χ1) is 9.50. The van der Waals surface area contributed by atoms with Crippen LogP contribution in [0.4, 0.5) is 0 Å². The van der Waals surface area contributed by atoms with Crippen molar-refractivity contribution in [2.45, 2.75) is 38.2 Å². The third-order valence-electron chi connectivity index (χ3n) is 3.73. The molecule has 1 saturated carbocycles. The number of hydrogen-bond donors (Lipinski definition) is 2. The van der Waals surface area contributed by atoms with E-state index < -0.39 is 5.60 Å². The van der Waals surface area contributed by atoms with E-state index in [1.807, 2.05) is 6.92 Å². The first-order valence-electron chi connectivity index (χ1n) is 6.87. The van der Waals surface area contributed by atoms with Crippen LogP contribution in [-0.4, -0.2) is 29.8 Å². The number of aliphatic hydroxyl groups is 1. The van der Waals surface area contributed by atoms with Crippen LogP contribution in [0.25, 0.3) is 0 Å². The van der Waals surface area contributed by atoms with Gasteiger partial charge in [-0.3, -0.25) is 4.79 Å². The Morgan fingerprint density at radius 3 is 2.85 bits per heavy atom. The van der Waals surface area contributed by atoms with Crippen LogP contribution in [0.5, 0.6) is 5.75 Å². The number of rotatable bonds is 5. The molecule has 1 aromatic carbocycles. The van der Waals surface area contributed by atoms with Gasteiger partial charge in [-0.2, -0.15) is 0 Å². The number of amides is 1. The van der Waals surface area contributed by atoms with Crippen molar-refractivity contribution in [1.82, 2.24) is 5.32 Å². The topological polar surface area (TPSA) is 58.6 Å². The molecule has 0 radical (unpaired) electrons. The van der Waals surface area contributed by atoms with Gasteiger partial charge in [0.1, 0.15) is 5.75 Å². The van der Waals surface area contributed by atoms with Gasteiger partial charge in [-0.25, -0.2) is 0 Å². The van der Waals surface area contributed by atoms with E-state index >= 15 is 0 Å². The summed E-state index contributed by atoms with van der Waals surface area (Å²) in [5.41, 5.74) is 0.0816. The van der Waals surface area contributed by atoms with Crippen LogP contribution in [0.15, 0.2) is 18.2 Å². The van der Waals surface area contributed by atoms with Gasteiger partial charge in [-0.15, -0.1) is 0 Å². The van der Waals surface area contributed by atoms with Crippen molar-refractivity contribution < 1.29 is 14.6 Å². The summed E-state index contributed by atoms with van der Waals surface area (Å²) in [6.45, 7) is 2.07. The maximum Gasteiger partial charge on any atom is 0.258 e. The molecule has 2 N–H and O–H groups in total. The van der Waals surface area contributed by atoms with Crippen molar-refractivity contribution in [3.63, 3.8) is 0 Å². The standard InChI is InChI=1S/C15H20ClNO3/c1-11-12(16)5-4-6-13(11)20-9-14(18)17-10-15(19)7-2-3-8-15/h4-6,19H,2-3,7-10H2,1H3,(H,17,18). The number of halogens is 1. The average Bonchev–Trinajstić information content (AvgIpc) is 2.86. The molecule has 0 bridgehead atoms. The maximum absolute atomic E-state index is 11.7. The van der Waals surface area contributed by atoms with Gasteiger partial charge < -0.3 is 15.2 Å². The molecule has 0 unspecified atom stereocenters. The van der Waals surface area contributed by atoms with Crippen LogP contribution >= 0.6 is 11.6 Å². The lowest BCUT2D eigenvalue weighted by Gasteiger charge is -2.22. The molecule has 0 aromatic heterocycles. The van der Waals surface area contributed by atoms with Gasteiger partial charge in [0.25, 0.3) is 5.91 Å². The fourth-order valence-corrected chi connectivity index (χ4v) is 2.58. The molecule has 0 saturated heterocycles. The highest BCUT2D eigenvalue weighted by Gasteiger charge is 2.31. The van der Waals surface area contributed by atoms with Gasteiger partial charge in [0, 0.05) is 17.1 Å². The highest BCUT2D eigenvalue weighted by Crippen LogP contribution is 2.28. The molecule has 1 aliphatic rings. The van der Waals surface area contributed by atoms with Gasteiger partial charge in [-0.1, -0.05) is 30.5 Å². The monoisotopic (exact) mass is 297 g/mol. The Hall–Kier alpha value is -1.26. The Balaban J connectivity index is 1.79. The van der Waals surface area contributed by atoms with Gasteiger partial charge in [-0.05, 0) is 31.9 Å². The first-order valence-corrected chi connectivity index (χ1v) is 7.25. The second-order valence-electron chi connectivity index (χ2n) is 5.36. The summed E-state index contributed by atoms with van der Waals surface area (Å²) in [5, 5.41) is 13.5. The van der Waals surface area contributed by atoms with Gasteiger partial charge in [0.05, 0.1) is 5.60 Å². The fraction of sp³-hybridized carbons (Fsp3) is 0.533. The smallest absolute Gasteiger partial charge is 0.258 e. The maximum atomic E-state index is 11.7. The number of carbonyl (C=O) groups excluding carboxylic acids is 1. The molecule has 1 aliphatic carbocycles. The lowest BCUT2D eigenvalue weighted by atomic mass is 10.0. The highest BCUT2D eigenvalue weighted by atomic mass is 35.5. The summed E-state index contributed by atoms with van der Waals surface area (Å²) in [5.74, 6) is 0.372. The Morgan fingerprint density at radius 1 is 1.45 bits per heavy atom. The van der Waals surface area contributed by atoms with Crippen molar-refractivity contribution in [3.05, 3.63) is 28.8 Å². The summed E-state index contributed by atoms with van der Waals surface area (Å²) in [6.07, 6.45) is 3.54. The molecule has 1 aromatic rings. The highest BCUT2D eigenvalue weighted by molar-refractivity contribution is 6.31. The van der Waals surface area contributed by atoms with Crippen LogP contribution in [0, 0.1) is 6.92 Å². The van der Waals surface area contributed by atoms with Crippen molar-refractivity contribution >= 4 is 17.5 Å². The molecule has 0 atom stereocenters. The van der Waals surface area contributed by atoms with Crippen molar-refractivity contribution in [2.75, 3.05) is 13.2 Å². The van der Waals surface area contributed by atoms with Crippen LogP contribution in [0.2, 0.25) is 5.02 Å². The molecule has 5 heteroatoms. The first kappa shape index (κ1) is 15.1. The average molecular weight is 298 g/mol. The van der Waals surface area contributed by atoms with E-state index in [9.17, 15) is 9.90 Å². The fourth-order valence-electron chi connectivity index (χ4n) is 2.41. The molecule has 2 rings (SSSR count). The largest absolute Gasteiger partial charge is 0.483 e. The minimum atomic E-state index is -0.734. The third kappa shape index (κ3) is 3.87. The zero-order chi connectivity index (χ0) is 14.6. The zero-order valence-corrected chi connectivity index (χ0v) is 12.4. The van der Waals surface area contributed by atoms with Gasteiger partial charge >= 0.3 is 0 Å². The molecule has 0 spiro atoms. The van der Waals surface area contributed by atoms with E-state index in [4.69, 9.17) is 16.3 Å². The Kier molecular flexibility index (Phi) is 4.89. The van der Waals surface area contributed by atoms with Crippen LogP contribution in [-0.2, 0) is 4.79 Å². The summed E-state index contributed by atoms with van der Waals surface area (Å²) in [6, 6.07) is 5.34. The Morgan fingerprint density at radius 2 is 2.15 bits per heavy atom. The summed E-state index contributed by atoms with van der Waals surface area (Å²) in [7, 11) is 0. The lowest BCUT2D eigenvalue weighted by molar-refractivity contribution is -0.124. The number of hydrogen-bond acceptors (Lipinski definition) is 3. The Labute approximate surface area is 124 Å². The van der Waals surface area contributed by atoms with E-state index in [1.165, 1.54) is 0 Å². The van der Waals surface area contributed by atoms with Gasteiger partial charge in [0.15, 0.2) is 6.61 Å². The lowest BCUT2D eigenvalue weighted by Crippen LogP contribution is -2.42. The van der Waals surface area contributed by atoms with Crippen molar-refractivity contribution in [2.24, 2.45) is 0 Å². The molecule has 20 heavy (non-hydrogen) atoms. The quantitative estimate of drug-likeness (QED) is 0.878. The van der Waals surface area contributed by atoms with E-state index in [0.717, 1.165) is 31.2 Å². The number of benzene rings is 1. The predicted molar refractivity (Wildman–Crippen MR) is 78.1 cm³/mol. The van der Waals surface area contributed by atoms with Crippen LogP contribution in [0.3, 0.4) is 0 Å². The summed E-state index contributed by atoms with van der Waals surface area (Å²) >= 11 is 5.98. The minimum absolute atomic E-state index is 0.0722. The van der Waals surface area contributed by atoms with E-state index in [0.29, 0.717) is 17.3 Å². The second-order valence-corrected chi connectivity index (χ2v) is 5.77. The van der Waals surface area contributed by atoms with Gasteiger partial charge in [0.2, 0.25) is 0 Å². The number of carbonyl (C=O) groups is 1. The molecule has 1 fully saturated rings. The van der Waals surface area contributed by atoms with E-state index in [1.54, 1.807) is 18.2 Å². The van der Waals surface area contributed by atoms with Crippen molar-refractivity contribution in [3.8, 4) is 5.75 Å². The molecule has 110 valence electrons. The SMILES string of the molecule is Cc1c(Cl)cccc1OCC(=O)NCC1(O)CCCC1.